The molecule has 0 unspecified atom stereocenters. The SMILES string of the molecule is Cc1ccc(NC(=O)C[C@H](CC(=O)O)c2noc([C@H]3C[C@H](CC(C)(C)C)C3)c2C2CC2)c(C)c1. The van der Waals surface area contributed by atoms with Crippen molar-refractivity contribution in [1.29, 1.82) is 0 Å². The molecule has 184 valence electrons. The summed E-state index contributed by atoms with van der Waals surface area (Å²) in [4.78, 5) is 24.6. The smallest absolute Gasteiger partial charge is 0.304 e. The first-order valence-corrected chi connectivity index (χ1v) is 12.6. The number of amides is 1. The summed E-state index contributed by atoms with van der Waals surface area (Å²) in [5.74, 6) is 0.775. The molecule has 1 amide bonds. The van der Waals surface area contributed by atoms with Gasteiger partial charge in [-0.1, -0.05) is 43.6 Å². The minimum Gasteiger partial charge on any atom is -0.481 e. The molecule has 0 aliphatic heterocycles. The second-order valence-corrected chi connectivity index (χ2v) is 11.8. The zero-order chi connectivity index (χ0) is 24.6. The van der Waals surface area contributed by atoms with Crippen LogP contribution in [0.5, 0.6) is 0 Å². The molecule has 0 spiro atoms. The van der Waals surface area contributed by atoms with Gasteiger partial charge in [-0.3, -0.25) is 9.59 Å². The van der Waals surface area contributed by atoms with E-state index in [1.807, 2.05) is 32.0 Å². The van der Waals surface area contributed by atoms with Crippen LogP contribution >= 0.6 is 0 Å². The lowest BCUT2D eigenvalue weighted by Gasteiger charge is -2.38. The number of hydrogen-bond acceptors (Lipinski definition) is 4. The number of rotatable bonds is 9. The lowest BCUT2D eigenvalue weighted by molar-refractivity contribution is -0.137. The summed E-state index contributed by atoms with van der Waals surface area (Å²) < 4.78 is 5.90. The van der Waals surface area contributed by atoms with Crippen molar-refractivity contribution in [3.63, 3.8) is 0 Å². The molecule has 2 aliphatic rings. The fourth-order valence-corrected chi connectivity index (χ4v) is 5.53. The van der Waals surface area contributed by atoms with Gasteiger partial charge in [-0.25, -0.2) is 0 Å². The highest BCUT2D eigenvalue weighted by atomic mass is 16.5. The minimum absolute atomic E-state index is 0.0720. The van der Waals surface area contributed by atoms with Gasteiger partial charge in [0.25, 0.3) is 0 Å². The van der Waals surface area contributed by atoms with Crippen molar-refractivity contribution in [3.8, 4) is 0 Å². The van der Waals surface area contributed by atoms with Crippen LogP contribution in [0.4, 0.5) is 5.69 Å². The molecule has 2 saturated carbocycles. The van der Waals surface area contributed by atoms with Crippen LogP contribution in [-0.2, 0) is 9.59 Å². The predicted molar refractivity (Wildman–Crippen MR) is 132 cm³/mol. The summed E-state index contributed by atoms with van der Waals surface area (Å²) >= 11 is 0. The molecule has 1 aromatic heterocycles. The fraction of sp³-hybridized carbons (Fsp3) is 0.607. The quantitative estimate of drug-likeness (QED) is 0.430. The molecular formula is C28H38N2O4. The van der Waals surface area contributed by atoms with Gasteiger partial charge in [-0.2, -0.15) is 0 Å². The van der Waals surface area contributed by atoms with E-state index in [4.69, 9.17) is 4.52 Å². The van der Waals surface area contributed by atoms with Crippen LogP contribution in [0.15, 0.2) is 22.7 Å². The predicted octanol–water partition coefficient (Wildman–Crippen LogP) is 6.69. The molecule has 2 aromatic rings. The van der Waals surface area contributed by atoms with Crippen molar-refractivity contribution in [3.05, 3.63) is 46.3 Å². The summed E-state index contributed by atoms with van der Waals surface area (Å²) in [7, 11) is 0. The minimum atomic E-state index is -0.926. The van der Waals surface area contributed by atoms with E-state index in [0.29, 0.717) is 28.9 Å². The van der Waals surface area contributed by atoms with E-state index in [9.17, 15) is 14.7 Å². The summed E-state index contributed by atoms with van der Waals surface area (Å²) in [5.41, 5.74) is 4.98. The molecule has 1 heterocycles. The number of anilines is 1. The number of carboxylic acids is 1. The highest BCUT2D eigenvalue weighted by Crippen LogP contribution is 2.53. The molecule has 6 heteroatoms. The number of nitrogens with zero attached hydrogens (tertiary/aromatic N) is 1. The van der Waals surface area contributed by atoms with E-state index < -0.39 is 11.9 Å². The largest absolute Gasteiger partial charge is 0.481 e. The van der Waals surface area contributed by atoms with E-state index in [-0.39, 0.29) is 18.7 Å². The van der Waals surface area contributed by atoms with E-state index in [1.165, 1.54) is 6.42 Å². The first kappa shape index (κ1) is 24.5. The highest BCUT2D eigenvalue weighted by Gasteiger charge is 2.42. The monoisotopic (exact) mass is 466 g/mol. The lowest BCUT2D eigenvalue weighted by Crippen LogP contribution is -2.26. The molecular weight excluding hydrogens is 428 g/mol. The fourth-order valence-electron chi connectivity index (χ4n) is 5.53. The van der Waals surface area contributed by atoms with Gasteiger partial charge in [0.15, 0.2) is 0 Å². The second-order valence-electron chi connectivity index (χ2n) is 11.8. The van der Waals surface area contributed by atoms with Gasteiger partial charge in [0.2, 0.25) is 5.91 Å². The number of nitrogens with one attached hydrogen (secondary N) is 1. The van der Waals surface area contributed by atoms with Crippen molar-refractivity contribution in [1.82, 2.24) is 5.16 Å². The Kier molecular flexibility index (Phi) is 6.88. The van der Waals surface area contributed by atoms with Crippen LogP contribution in [0, 0.1) is 25.2 Å². The third kappa shape index (κ3) is 5.89. The van der Waals surface area contributed by atoms with Gasteiger partial charge < -0.3 is 14.9 Å². The number of benzene rings is 1. The van der Waals surface area contributed by atoms with E-state index in [0.717, 1.165) is 53.8 Å². The van der Waals surface area contributed by atoms with Crippen molar-refractivity contribution in [2.45, 2.75) is 97.3 Å². The molecule has 4 rings (SSSR count). The topological polar surface area (TPSA) is 92.4 Å². The average molecular weight is 467 g/mol. The summed E-state index contributed by atoms with van der Waals surface area (Å²) in [5, 5.41) is 17.0. The maximum Gasteiger partial charge on any atom is 0.304 e. The molecule has 0 bridgehead atoms. The Hall–Kier alpha value is -2.63. The zero-order valence-corrected chi connectivity index (χ0v) is 21.1. The first-order chi connectivity index (χ1) is 16.0. The Labute approximate surface area is 202 Å². The van der Waals surface area contributed by atoms with Gasteiger partial charge >= 0.3 is 5.97 Å². The summed E-state index contributed by atoms with van der Waals surface area (Å²) in [6.07, 6.45) is 5.49. The Morgan fingerprint density at radius 1 is 1.15 bits per heavy atom. The van der Waals surface area contributed by atoms with Crippen LogP contribution in [0.25, 0.3) is 0 Å². The number of aliphatic carboxylic acids is 1. The van der Waals surface area contributed by atoms with Crippen LogP contribution in [0.2, 0.25) is 0 Å². The van der Waals surface area contributed by atoms with Crippen LogP contribution in [-0.4, -0.2) is 22.1 Å². The highest BCUT2D eigenvalue weighted by molar-refractivity contribution is 5.92. The van der Waals surface area contributed by atoms with Crippen molar-refractivity contribution in [2.24, 2.45) is 11.3 Å². The molecule has 0 radical (unpaired) electrons. The number of aryl methyl sites for hydroxylation is 2. The Morgan fingerprint density at radius 3 is 2.44 bits per heavy atom. The number of carbonyl (C=O) groups excluding carboxylic acids is 1. The Morgan fingerprint density at radius 2 is 1.85 bits per heavy atom. The number of hydrogen-bond donors (Lipinski definition) is 2. The Balaban J connectivity index is 1.51. The van der Waals surface area contributed by atoms with Gasteiger partial charge in [-0.15, -0.1) is 0 Å². The third-order valence-electron chi connectivity index (χ3n) is 7.17. The molecule has 2 N–H and O–H groups in total. The zero-order valence-electron chi connectivity index (χ0n) is 21.1. The lowest BCUT2D eigenvalue weighted by atomic mass is 9.67. The summed E-state index contributed by atoms with van der Waals surface area (Å²) in [6.45, 7) is 10.8. The Bertz CT molecular complexity index is 1050. The first-order valence-electron chi connectivity index (χ1n) is 12.6. The molecule has 34 heavy (non-hydrogen) atoms. The normalized spacial score (nSPS) is 21.1. The van der Waals surface area contributed by atoms with E-state index >= 15 is 0 Å². The van der Waals surface area contributed by atoms with E-state index in [1.54, 1.807) is 0 Å². The third-order valence-corrected chi connectivity index (χ3v) is 7.17. The van der Waals surface area contributed by atoms with E-state index in [2.05, 4.69) is 31.2 Å². The molecule has 1 aromatic carbocycles. The van der Waals surface area contributed by atoms with Crippen LogP contribution in [0.1, 0.15) is 112 Å². The molecule has 2 aliphatic carbocycles. The molecule has 1 atom stereocenters. The molecule has 6 nitrogen and oxygen atoms in total. The van der Waals surface area contributed by atoms with Crippen molar-refractivity contribution >= 4 is 17.6 Å². The maximum atomic E-state index is 12.9. The van der Waals surface area contributed by atoms with Gasteiger partial charge in [0, 0.05) is 29.5 Å². The number of carbonyl (C=O) groups is 2. The van der Waals surface area contributed by atoms with Gasteiger partial charge in [0.05, 0.1) is 12.1 Å². The van der Waals surface area contributed by atoms with Gasteiger partial charge in [0.1, 0.15) is 5.76 Å². The summed E-state index contributed by atoms with van der Waals surface area (Å²) in [6, 6.07) is 5.87. The number of aromatic nitrogens is 1. The maximum absolute atomic E-state index is 12.9. The number of carboxylic acid groups (broad SMARTS) is 1. The van der Waals surface area contributed by atoms with Crippen LogP contribution < -0.4 is 5.32 Å². The molecule has 0 saturated heterocycles. The van der Waals surface area contributed by atoms with Gasteiger partial charge in [-0.05, 0) is 74.8 Å². The standard InChI is InChI=1S/C28H38N2O4/c1-16-6-9-22(17(2)10-16)29-23(31)13-20(14-24(32)33)26-25(19-7-8-19)27(34-30-26)21-11-18(12-21)15-28(3,4)5/h6,9-10,18-21H,7-8,11-15H2,1-5H3,(H,29,31)(H,32,33)/t18-,20-,21-/m1/s1. The average Bonchev–Trinajstić information content (AvgIpc) is 3.43. The van der Waals surface area contributed by atoms with Crippen LogP contribution in [0.3, 0.4) is 0 Å². The molecule has 2 fully saturated rings. The second kappa shape index (κ2) is 9.55. The van der Waals surface area contributed by atoms with Crippen molar-refractivity contribution in [2.75, 3.05) is 5.32 Å². The van der Waals surface area contributed by atoms with Crippen molar-refractivity contribution < 1.29 is 19.2 Å².